The molecule has 1 aromatic carbocycles. The molecule has 0 aromatic heterocycles. The molecule has 0 aliphatic heterocycles. The van der Waals surface area contributed by atoms with Crippen LogP contribution in [0.4, 0.5) is 0 Å². The zero-order valence-electron chi connectivity index (χ0n) is 16.9. The van der Waals surface area contributed by atoms with Gasteiger partial charge in [0.15, 0.2) is 0 Å². The van der Waals surface area contributed by atoms with E-state index in [1.165, 1.54) is 27.8 Å². The second-order valence-electron chi connectivity index (χ2n) is 6.92. The highest BCUT2D eigenvalue weighted by Crippen LogP contribution is 2.40. The van der Waals surface area contributed by atoms with Gasteiger partial charge in [-0.1, -0.05) is 68.0 Å². The Morgan fingerprint density at radius 3 is 2.85 bits per heavy atom. The normalized spacial score (nSPS) is 17.2. The minimum Gasteiger partial charge on any atom is -0.303 e. The third-order valence-electron chi connectivity index (χ3n) is 4.98. The zero-order valence-corrected chi connectivity index (χ0v) is 16.9. The lowest BCUT2D eigenvalue weighted by Gasteiger charge is -2.28. The largest absolute Gasteiger partial charge is 0.303 e. The van der Waals surface area contributed by atoms with Crippen molar-refractivity contribution in [1.29, 1.82) is 0 Å². The SMILES string of the molecule is C=C(/C=C\CC=O)C1=C(CCC)C(c2cccc(C)c2/C=N\CC)CC=C1. The van der Waals surface area contributed by atoms with E-state index in [2.05, 4.69) is 62.7 Å². The number of allylic oxidation sites excluding steroid dienone is 7. The summed E-state index contributed by atoms with van der Waals surface area (Å²) >= 11 is 0. The van der Waals surface area contributed by atoms with Crippen LogP contribution in [0.2, 0.25) is 0 Å². The summed E-state index contributed by atoms with van der Waals surface area (Å²) in [5.74, 6) is 0.347. The smallest absolute Gasteiger partial charge is 0.123 e. The number of benzene rings is 1. The van der Waals surface area contributed by atoms with Crippen LogP contribution in [0.15, 0.2) is 70.8 Å². The topological polar surface area (TPSA) is 29.4 Å². The Bertz CT molecular complexity index is 793. The number of hydrogen-bond acceptors (Lipinski definition) is 2. The second-order valence-corrected chi connectivity index (χ2v) is 6.92. The molecule has 1 unspecified atom stereocenters. The summed E-state index contributed by atoms with van der Waals surface area (Å²) in [4.78, 5) is 15.1. The molecule has 0 saturated heterocycles. The third kappa shape index (κ3) is 5.26. The summed E-state index contributed by atoms with van der Waals surface area (Å²) in [5, 5.41) is 0. The van der Waals surface area contributed by atoms with E-state index >= 15 is 0 Å². The van der Waals surface area contributed by atoms with Crippen molar-refractivity contribution in [2.75, 3.05) is 6.54 Å². The van der Waals surface area contributed by atoms with Gasteiger partial charge in [-0.25, -0.2) is 0 Å². The molecule has 2 rings (SSSR count). The number of nitrogens with zero attached hydrogens (tertiary/aromatic N) is 1. The molecule has 2 heteroatoms. The van der Waals surface area contributed by atoms with Crippen molar-refractivity contribution >= 4 is 12.5 Å². The number of carbonyl (C=O) groups is 1. The molecule has 0 saturated carbocycles. The highest BCUT2D eigenvalue weighted by molar-refractivity contribution is 5.84. The monoisotopic (exact) mass is 361 g/mol. The van der Waals surface area contributed by atoms with E-state index in [0.717, 1.165) is 37.7 Å². The maximum Gasteiger partial charge on any atom is 0.123 e. The average molecular weight is 362 g/mol. The number of aliphatic imine (C=N–C) groups is 1. The van der Waals surface area contributed by atoms with E-state index in [-0.39, 0.29) is 0 Å². The predicted octanol–water partition coefficient (Wildman–Crippen LogP) is 6.28. The Hall–Kier alpha value is -2.48. The van der Waals surface area contributed by atoms with Crippen LogP contribution in [0.1, 0.15) is 62.1 Å². The Morgan fingerprint density at radius 1 is 1.33 bits per heavy atom. The molecule has 1 atom stereocenters. The van der Waals surface area contributed by atoms with Crippen molar-refractivity contribution in [1.82, 2.24) is 0 Å². The number of hydrogen-bond donors (Lipinski definition) is 0. The van der Waals surface area contributed by atoms with Gasteiger partial charge in [0, 0.05) is 25.1 Å². The lowest BCUT2D eigenvalue weighted by molar-refractivity contribution is -0.107. The van der Waals surface area contributed by atoms with Crippen molar-refractivity contribution in [2.24, 2.45) is 4.99 Å². The molecule has 0 bridgehead atoms. The summed E-state index contributed by atoms with van der Waals surface area (Å²) in [6, 6.07) is 6.55. The second kappa shape index (κ2) is 10.6. The fourth-order valence-corrected chi connectivity index (χ4v) is 3.69. The zero-order chi connectivity index (χ0) is 19.6. The van der Waals surface area contributed by atoms with Crippen LogP contribution in [-0.4, -0.2) is 19.0 Å². The Kier molecular flexibility index (Phi) is 8.19. The Morgan fingerprint density at radius 2 is 2.15 bits per heavy atom. The van der Waals surface area contributed by atoms with Gasteiger partial charge in [-0.15, -0.1) is 0 Å². The van der Waals surface area contributed by atoms with Crippen LogP contribution in [0.3, 0.4) is 0 Å². The molecule has 1 aromatic rings. The van der Waals surface area contributed by atoms with Crippen LogP contribution >= 0.6 is 0 Å². The maximum absolute atomic E-state index is 10.6. The fraction of sp³-hybridized carbons (Fsp3) is 0.360. The van der Waals surface area contributed by atoms with Gasteiger partial charge in [0.2, 0.25) is 0 Å². The molecule has 0 heterocycles. The van der Waals surface area contributed by atoms with Crippen LogP contribution in [-0.2, 0) is 4.79 Å². The molecule has 0 N–H and O–H groups in total. The Balaban J connectivity index is 2.52. The fourth-order valence-electron chi connectivity index (χ4n) is 3.69. The van der Waals surface area contributed by atoms with E-state index in [9.17, 15) is 4.79 Å². The molecule has 0 amide bonds. The molecule has 0 radical (unpaired) electrons. The number of carbonyl (C=O) groups excluding carboxylic acids is 1. The maximum atomic E-state index is 10.6. The van der Waals surface area contributed by atoms with Crippen LogP contribution in [0.5, 0.6) is 0 Å². The molecule has 142 valence electrons. The molecule has 0 spiro atoms. The standard InChI is InChI=1S/C25H31NO/c1-5-11-22-21(19(3)12-7-8-17-27)14-10-16-23(22)24-15-9-13-20(4)25(24)18-26-6-2/h7,9-10,12-15,17-18,23H,3,5-6,8,11,16H2,1-2,4H3/b12-7-,26-18-. The first-order valence-electron chi connectivity index (χ1n) is 9.92. The van der Waals surface area contributed by atoms with Gasteiger partial charge in [-0.2, -0.15) is 0 Å². The van der Waals surface area contributed by atoms with Crippen molar-refractivity contribution in [3.05, 3.63) is 82.5 Å². The van der Waals surface area contributed by atoms with Crippen LogP contribution in [0.25, 0.3) is 0 Å². The van der Waals surface area contributed by atoms with Gasteiger partial charge < -0.3 is 4.79 Å². The van der Waals surface area contributed by atoms with Gasteiger partial charge in [0.25, 0.3) is 0 Å². The van der Waals surface area contributed by atoms with Gasteiger partial charge in [0.1, 0.15) is 6.29 Å². The first-order chi connectivity index (χ1) is 13.1. The summed E-state index contributed by atoms with van der Waals surface area (Å²) in [7, 11) is 0. The average Bonchev–Trinajstić information content (AvgIpc) is 2.67. The van der Waals surface area contributed by atoms with E-state index in [1.807, 2.05) is 18.4 Å². The third-order valence-corrected chi connectivity index (χ3v) is 4.98. The highest BCUT2D eigenvalue weighted by atomic mass is 16.1. The molecular formula is C25H31NO. The quantitative estimate of drug-likeness (QED) is 0.289. The van der Waals surface area contributed by atoms with Gasteiger partial charge >= 0.3 is 0 Å². The van der Waals surface area contributed by atoms with Crippen LogP contribution < -0.4 is 0 Å². The van der Waals surface area contributed by atoms with E-state index < -0.39 is 0 Å². The molecular weight excluding hydrogens is 330 g/mol. The Labute approximate surface area is 164 Å². The van der Waals surface area contributed by atoms with Crippen molar-refractivity contribution < 1.29 is 4.79 Å². The molecule has 1 aliphatic rings. The molecule has 0 fully saturated rings. The highest BCUT2D eigenvalue weighted by Gasteiger charge is 2.24. The number of aldehydes is 1. The van der Waals surface area contributed by atoms with E-state index in [1.54, 1.807) is 0 Å². The summed E-state index contributed by atoms with van der Waals surface area (Å²) < 4.78 is 0. The van der Waals surface area contributed by atoms with Gasteiger partial charge in [-0.05, 0) is 54.5 Å². The van der Waals surface area contributed by atoms with Crippen molar-refractivity contribution in [3.63, 3.8) is 0 Å². The minimum absolute atomic E-state index is 0.347. The van der Waals surface area contributed by atoms with Gasteiger partial charge in [0.05, 0.1) is 0 Å². The molecule has 2 nitrogen and oxygen atoms in total. The van der Waals surface area contributed by atoms with Crippen molar-refractivity contribution in [3.8, 4) is 0 Å². The molecule has 27 heavy (non-hydrogen) atoms. The van der Waals surface area contributed by atoms with Gasteiger partial charge in [-0.3, -0.25) is 4.99 Å². The first-order valence-corrected chi connectivity index (χ1v) is 9.92. The molecule has 1 aliphatic carbocycles. The summed E-state index contributed by atoms with van der Waals surface area (Å²) in [5.41, 5.74) is 7.50. The summed E-state index contributed by atoms with van der Waals surface area (Å²) in [6.07, 6.45) is 14.8. The predicted molar refractivity (Wildman–Crippen MR) is 117 cm³/mol. The number of rotatable bonds is 9. The van der Waals surface area contributed by atoms with E-state index in [0.29, 0.717) is 12.3 Å². The van der Waals surface area contributed by atoms with Crippen molar-refractivity contribution in [2.45, 2.75) is 52.4 Å². The van der Waals surface area contributed by atoms with E-state index in [4.69, 9.17) is 0 Å². The van der Waals surface area contributed by atoms with Crippen LogP contribution in [0, 0.1) is 6.92 Å². The first kappa shape index (κ1) is 20.8. The number of aryl methyl sites for hydroxylation is 1. The minimum atomic E-state index is 0.347. The summed E-state index contributed by atoms with van der Waals surface area (Å²) in [6.45, 7) is 11.5. The lowest BCUT2D eigenvalue weighted by atomic mass is 9.76. The lowest BCUT2D eigenvalue weighted by Crippen LogP contribution is -2.12.